The fourth-order valence-corrected chi connectivity index (χ4v) is 1.74. The van der Waals surface area contributed by atoms with Crippen molar-refractivity contribution in [3.63, 3.8) is 0 Å². The number of likely N-dealkylation sites (tertiary alicyclic amines) is 1. The van der Waals surface area contributed by atoms with Gasteiger partial charge in [-0.3, -0.25) is 4.90 Å². The van der Waals surface area contributed by atoms with Gasteiger partial charge in [0.15, 0.2) is 0 Å². The van der Waals surface area contributed by atoms with Gasteiger partial charge in [0.2, 0.25) is 0 Å². The van der Waals surface area contributed by atoms with Crippen LogP contribution in [0.1, 0.15) is 26.7 Å². The molecule has 0 amide bonds. The lowest BCUT2D eigenvalue weighted by Crippen LogP contribution is -2.47. The molecule has 2 heteroatoms. The maximum Gasteiger partial charge on any atom is 0.0226 e. The lowest BCUT2D eigenvalue weighted by Gasteiger charge is -2.33. The van der Waals surface area contributed by atoms with E-state index < -0.39 is 0 Å². The molecule has 1 rings (SSSR count). The van der Waals surface area contributed by atoms with E-state index in [9.17, 15) is 0 Å². The molecule has 1 aliphatic heterocycles. The van der Waals surface area contributed by atoms with E-state index in [1.807, 2.05) is 0 Å². The smallest absolute Gasteiger partial charge is 0.0226 e. The summed E-state index contributed by atoms with van der Waals surface area (Å²) in [5.74, 6) is 0. The van der Waals surface area contributed by atoms with Gasteiger partial charge in [0.1, 0.15) is 0 Å². The highest BCUT2D eigenvalue weighted by atomic mass is 15.1. The highest BCUT2D eigenvalue weighted by Crippen LogP contribution is 2.14. The van der Waals surface area contributed by atoms with E-state index in [-0.39, 0.29) is 5.54 Å². The molecule has 1 saturated heterocycles. The molecule has 0 saturated carbocycles. The minimum absolute atomic E-state index is 0.0718. The third-order valence-electron chi connectivity index (χ3n) is 2.08. The van der Waals surface area contributed by atoms with Crippen molar-refractivity contribution in [2.45, 2.75) is 32.2 Å². The van der Waals surface area contributed by atoms with Gasteiger partial charge in [0.25, 0.3) is 0 Å². The summed E-state index contributed by atoms with van der Waals surface area (Å²) >= 11 is 0. The van der Waals surface area contributed by atoms with Crippen LogP contribution in [-0.2, 0) is 0 Å². The normalized spacial score (nSPS) is 21.4. The van der Waals surface area contributed by atoms with Crippen LogP contribution in [0.4, 0.5) is 0 Å². The molecular weight excluding hydrogens is 148 g/mol. The molecule has 0 bridgehead atoms. The van der Waals surface area contributed by atoms with Gasteiger partial charge in [0, 0.05) is 18.6 Å². The summed E-state index contributed by atoms with van der Waals surface area (Å²) in [6, 6.07) is 0. The zero-order valence-corrected chi connectivity index (χ0v) is 8.27. The molecule has 0 spiro atoms. The molecular formula is C10H20N2. The number of hydrogen-bond donors (Lipinski definition) is 1. The first-order chi connectivity index (χ1) is 5.47. The molecule has 1 heterocycles. The molecule has 0 atom stereocenters. The van der Waals surface area contributed by atoms with Crippen LogP contribution in [0.5, 0.6) is 0 Å². The van der Waals surface area contributed by atoms with Crippen LogP contribution in [0.25, 0.3) is 0 Å². The predicted molar refractivity (Wildman–Crippen MR) is 53.1 cm³/mol. The van der Waals surface area contributed by atoms with Gasteiger partial charge in [-0.15, -0.1) is 0 Å². The minimum Gasteiger partial charge on any atom is -0.324 e. The third kappa shape index (κ3) is 3.37. The second-order valence-electron chi connectivity index (χ2n) is 4.55. The summed E-state index contributed by atoms with van der Waals surface area (Å²) in [4.78, 5) is 2.39. The van der Waals surface area contributed by atoms with Crippen LogP contribution in [0.3, 0.4) is 0 Å². The molecule has 0 aromatic heterocycles. The Morgan fingerprint density at radius 2 is 2.25 bits per heavy atom. The van der Waals surface area contributed by atoms with Crippen molar-refractivity contribution >= 4 is 0 Å². The summed E-state index contributed by atoms with van der Waals surface area (Å²) < 4.78 is 0. The van der Waals surface area contributed by atoms with E-state index in [0.29, 0.717) is 0 Å². The Morgan fingerprint density at radius 3 is 2.75 bits per heavy atom. The van der Waals surface area contributed by atoms with Gasteiger partial charge in [-0.05, 0) is 33.2 Å². The highest BCUT2D eigenvalue weighted by molar-refractivity contribution is 5.01. The Kier molecular flexibility index (Phi) is 2.91. The Morgan fingerprint density at radius 1 is 1.58 bits per heavy atom. The molecule has 1 fully saturated rings. The van der Waals surface area contributed by atoms with Crippen molar-refractivity contribution < 1.29 is 0 Å². The molecule has 2 nitrogen and oxygen atoms in total. The third-order valence-corrected chi connectivity index (χ3v) is 2.08. The molecule has 1 aliphatic rings. The number of piperidine rings is 1. The lowest BCUT2D eigenvalue weighted by atomic mass is 10.0. The Hall–Kier alpha value is -0.340. The number of nitrogens with two attached hydrogens (primary N) is 1. The maximum atomic E-state index is 5.94. The van der Waals surface area contributed by atoms with Crippen molar-refractivity contribution in [3.8, 4) is 0 Å². The zero-order chi connectivity index (χ0) is 9.19. The maximum absolute atomic E-state index is 5.94. The number of rotatable bonds is 2. The molecule has 0 radical (unpaired) electrons. The number of nitrogens with zero attached hydrogens (tertiary/aromatic N) is 1. The molecule has 0 aromatic rings. The lowest BCUT2D eigenvalue weighted by molar-refractivity contribution is 0.221. The van der Waals surface area contributed by atoms with Gasteiger partial charge in [-0.25, -0.2) is 0 Å². The van der Waals surface area contributed by atoms with Gasteiger partial charge in [-0.1, -0.05) is 12.2 Å². The van der Waals surface area contributed by atoms with Gasteiger partial charge >= 0.3 is 0 Å². The largest absolute Gasteiger partial charge is 0.324 e. The fraction of sp³-hybridized carbons (Fsp3) is 0.800. The monoisotopic (exact) mass is 168 g/mol. The van der Waals surface area contributed by atoms with Crippen LogP contribution in [-0.4, -0.2) is 30.1 Å². The van der Waals surface area contributed by atoms with E-state index >= 15 is 0 Å². The average molecular weight is 168 g/mol. The summed E-state index contributed by atoms with van der Waals surface area (Å²) in [6.45, 7) is 11.4. The minimum atomic E-state index is -0.0718. The van der Waals surface area contributed by atoms with Crippen molar-refractivity contribution in [1.29, 1.82) is 0 Å². The summed E-state index contributed by atoms with van der Waals surface area (Å²) in [6.07, 6.45) is 2.44. The molecule has 0 aliphatic carbocycles. The molecule has 70 valence electrons. The average Bonchev–Trinajstić information content (AvgIpc) is 1.82. The quantitative estimate of drug-likeness (QED) is 0.631. The molecule has 2 N–H and O–H groups in total. The van der Waals surface area contributed by atoms with Crippen LogP contribution >= 0.6 is 0 Å². The Bertz CT molecular complexity index is 167. The fourth-order valence-electron chi connectivity index (χ4n) is 1.74. The standard InChI is InChI=1S/C10H20N2/c1-9-5-4-6-12(7-9)8-10(2,3)11/h1,4-8,11H2,2-3H3. The van der Waals surface area contributed by atoms with E-state index in [0.717, 1.165) is 13.1 Å². The van der Waals surface area contributed by atoms with E-state index in [2.05, 4.69) is 25.3 Å². The Balaban J connectivity index is 2.37. The first-order valence-corrected chi connectivity index (χ1v) is 4.65. The van der Waals surface area contributed by atoms with Gasteiger partial charge < -0.3 is 5.73 Å². The topological polar surface area (TPSA) is 29.3 Å². The van der Waals surface area contributed by atoms with Crippen molar-refractivity contribution in [3.05, 3.63) is 12.2 Å². The van der Waals surface area contributed by atoms with Crippen LogP contribution in [0.2, 0.25) is 0 Å². The van der Waals surface area contributed by atoms with E-state index in [1.54, 1.807) is 0 Å². The summed E-state index contributed by atoms with van der Waals surface area (Å²) in [7, 11) is 0. The van der Waals surface area contributed by atoms with Crippen molar-refractivity contribution in [1.82, 2.24) is 4.90 Å². The first kappa shape index (κ1) is 9.75. The van der Waals surface area contributed by atoms with Gasteiger partial charge in [0.05, 0.1) is 0 Å². The summed E-state index contributed by atoms with van der Waals surface area (Å²) in [5, 5.41) is 0. The van der Waals surface area contributed by atoms with E-state index in [4.69, 9.17) is 5.73 Å². The van der Waals surface area contributed by atoms with E-state index in [1.165, 1.54) is 25.0 Å². The van der Waals surface area contributed by atoms with Gasteiger partial charge in [-0.2, -0.15) is 0 Å². The Labute approximate surface area is 75.4 Å². The SMILES string of the molecule is C=C1CCCN(CC(C)(C)N)C1. The summed E-state index contributed by atoms with van der Waals surface area (Å²) in [5.41, 5.74) is 7.22. The molecule has 12 heavy (non-hydrogen) atoms. The highest BCUT2D eigenvalue weighted by Gasteiger charge is 2.19. The first-order valence-electron chi connectivity index (χ1n) is 4.65. The van der Waals surface area contributed by atoms with Crippen LogP contribution in [0.15, 0.2) is 12.2 Å². The van der Waals surface area contributed by atoms with Crippen LogP contribution < -0.4 is 5.73 Å². The predicted octanol–water partition coefficient (Wildman–Crippen LogP) is 1.38. The van der Waals surface area contributed by atoms with Crippen LogP contribution in [0, 0.1) is 0 Å². The second kappa shape index (κ2) is 3.58. The zero-order valence-electron chi connectivity index (χ0n) is 8.27. The van der Waals surface area contributed by atoms with Crippen molar-refractivity contribution in [2.75, 3.05) is 19.6 Å². The second-order valence-corrected chi connectivity index (χ2v) is 4.55. The molecule has 0 unspecified atom stereocenters. The van der Waals surface area contributed by atoms with Crippen molar-refractivity contribution in [2.24, 2.45) is 5.73 Å². The number of hydrogen-bond acceptors (Lipinski definition) is 2. The molecule has 0 aromatic carbocycles.